The maximum Gasteiger partial charge on any atom is 0.229 e. The van der Waals surface area contributed by atoms with Gasteiger partial charge in [-0.1, -0.05) is 6.07 Å². The lowest BCUT2D eigenvalue weighted by molar-refractivity contribution is -0.138. The molecule has 6 nitrogen and oxygen atoms in total. The van der Waals surface area contributed by atoms with E-state index in [-0.39, 0.29) is 17.9 Å². The van der Waals surface area contributed by atoms with Crippen LogP contribution in [-0.2, 0) is 23.1 Å². The zero-order chi connectivity index (χ0) is 16.2. The molecule has 0 saturated carbocycles. The fourth-order valence-corrected chi connectivity index (χ4v) is 3.02. The Kier molecular flexibility index (Phi) is 4.71. The Balaban J connectivity index is 1.76. The molecule has 1 amide bonds. The van der Waals surface area contributed by atoms with Gasteiger partial charge in [-0.2, -0.15) is 0 Å². The number of pyridine rings is 1. The fraction of sp³-hybridized carbons (Fsp3) is 0.471. The number of hydrogen-bond acceptors (Lipinski definition) is 4. The summed E-state index contributed by atoms with van der Waals surface area (Å²) in [6.45, 7) is 3.76. The minimum absolute atomic E-state index is 0.114. The van der Waals surface area contributed by atoms with Gasteiger partial charge in [0.1, 0.15) is 11.9 Å². The summed E-state index contributed by atoms with van der Waals surface area (Å²) in [6, 6.07) is 5.76. The quantitative estimate of drug-likeness (QED) is 0.846. The zero-order valence-corrected chi connectivity index (χ0v) is 13.6. The van der Waals surface area contributed by atoms with Crippen LogP contribution in [0.15, 0.2) is 36.8 Å². The second-order valence-electron chi connectivity index (χ2n) is 5.76. The number of aryl methyl sites for hydroxylation is 1. The number of aromatic nitrogens is 3. The highest BCUT2D eigenvalue weighted by Gasteiger charge is 2.39. The monoisotopic (exact) mass is 314 g/mol. The average molecular weight is 314 g/mol. The predicted octanol–water partition coefficient (Wildman–Crippen LogP) is 1.94. The van der Waals surface area contributed by atoms with Gasteiger partial charge in [-0.25, -0.2) is 4.98 Å². The van der Waals surface area contributed by atoms with Gasteiger partial charge in [0.15, 0.2) is 0 Å². The van der Waals surface area contributed by atoms with Crippen molar-refractivity contribution < 1.29 is 9.53 Å². The Morgan fingerprint density at radius 2 is 2.26 bits per heavy atom. The Hall–Kier alpha value is -2.21. The summed E-state index contributed by atoms with van der Waals surface area (Å²) in [5, 5.41) is 0. The molecule has 23 heavy (non-hydrogen) atoms. The van der Waals surface area contributed by atoms with E-state index < -0.39 is 0 Å². The number of rotatable bonds is 5. The molecular formula is C17H22N4O2. The van der Waals surface area contributed by atoms with Crippen LogP contribution in [0.1, 0.15) is 31.0 Å². The molecule has 0 bridgehead atoms. The van der Waals surface area contributed by atoms with Crippen molar-refractivity contribution in [2.75, 3.05) is 13.2 Å². The normalized spacial score (nSPS) is 20.6. The number of imidazole rings is 1. The van der Waals surface area contributed by atoms with Gasteiger partial charge in [-0.05, 0) is 25.5 Å². The molecular weight excluding hydrogens is 292 g/mol. The number of ether oxygens (including phenoxy) is 1. The highest BCUT2D eigenvalue weighted by molar-refractivity contribution is 5.79. The average Bonchev–Trinajstić information content (AvgIpc) is 3.21. The summed E-state index contributed by atoms with van der Waals surface area (Å²) in [6.07, 6.45) is 5.84. The van der Waals surface area contributed by atoms with Crippen LogP contribution in [0.4, 0.5) is 0 Å². The second kappa shape index (κ2) is 6.91. The van der Waals surface area contributed by atoms with Crippen LogP contribution in [0, 0.1) is 5.92 Å². The molecule has 1 aliphatic heterocycles. The summed E-state index contributed by atoms with van der Waals surface area (Å²) >= 11 is 0. The van der Waals surface area contributed by atoms with Crippen LogP contribution in [-0.4, -0.2) is 38.5 Å². The maximum absolute atomic E-state index is 13.0. The minimum atomic E-state index is -0.264. The van der Waals surface area contributed by atoms with E-state index in [1.807, 2.05) is 47.8 Å². The largest absolute Gasteiger partial charge is 0.369 e. The number of amides is 1. The van der Waals surface area contributed by atoms with Crippen molar-refractivity contribution in [2.24, 2.45) is 13.0 Å². The molecule has 0 spiro atoms. The van der Waals surface area contributed by atoms with Gasteiger partial charge >= 0.3 is 0 Å². The molecule has 122 valence electrons. The third-order valence-corrected chi connectivity index (χ3v) is 4.29. The second-order valence-corrected chi connectivity index (χ2v) is 5.76. The predicted molar refractivity (Wildman–Crippen MR) is 85.3 cm³/mol. The van der Waals surface area contributed by atoms with Crippen molar-refractivity contribution in [3.63, 3.8) is 0 Å². The lowest BCUT2D eigenvalue weighted by Crippen LogP contribution is -2.37. The first-order valence-electron chi connectivity index (χ1n) is 7.98. The van der Waals surface area contributed by atoms with Crippen molar-refractivity contribution in [3.8, 4) is 0 Å². The maximum atomic E-state index is 13.0. The molecule has 0 aliphatic carbocycles. The van der Waals surface area contributed by atoms with Crippen molar-refractivity contribution >= 4 is 5.91 Å². The van der Waals surface area contributed by atoms with E-state index >= 15 is 0 Å². The van der Waals surface area contributed by atoms with E-state index in [4.69, 9.17) is 4.74 Å². The molecule has 1 saturated heterocycles. The Bertz CT molecular complexity index is 656. The molecule has 2 aromatic rings. The third kappa shape index (κ3) is 3.27. The molecule has 0 radical (unpaired) electrons. The highest BCUT2D eigenvalue weighted by Crippen LogP contribution is 2.35. The number of nitrogens with zero attached hydrogens (tertiary/aromatic N) is 4. The summed E-state index contributed by atoms with van der Waals surface area (Å²) in [7, 11) is 1.93. The standard InChI is InChI=1S/C17H22N4O2/c1-3-21(12-13-6-4-5-8-18-13)17(22)14-7-11-23-15(14)16-19-9-10-20(16)2/h4-6,8-10,14-15H,3,7,11-12H2,1-2H3/t14-,15-/m1/s1. The van der Waals surface area contributed by atoms with Crippen LogP contribution in [0.3, 0.4) is 0 Å². The molecule has 0 aromatic carbocycles. The van der Waals surface area contributed by atoms with E-state index in [9.17, 15) is 4.79 Å². The lowest BCUT2D eigenvalue weighted by atomic mass is 9.98. The Labute approximate surface area is 136 Å². The summed E-state index contributed by atoms with van der Waals surface area (Å²) in [4.78, 5) is 23.5. The number of carbonyl (C=O) groups excluding carboxylic acids is 1. The molecule has 1 fully saturated rings. The first-order chi connectivity index (χ1) is 11.2. The third-order valence-electron chi connectivity index (χ3n) is 4.29. The van der Waals surface area contributed by atoms with Crippen LogP contribution in [0.5, 0.6) is 0 Å². The van der Waals surface area contributed by atoms with Gasteiger partial charge in [-0.3, -0.25) is 9.78 Å². The van der Waals surface area contributed by atoms with Crippen LogP contribution < -0.4 is 0 Å². The van der Waals surface area contributed by atoms with Crippen molar-refractivity contribution in [2.45, 2.75) is 26.0 Å². The fourth-order valence-electron chi connectivity index (χ4n) is 3.02. The lowest BCUT2D eigenvalue weighted by Gasteiger charge is -2.26. The molecule has 2 atom stereocenters. The van der Waals surface area contributed by atoms with Gasteiger partial charge in [0, 0.05) is 38.8 Å². The molecule has 0 N–H and O–H groups in total. The van der Waals surface area contributed by atoms with Gasteiger partial charge < -0.3 is 14.2 Å². The highest BCUT2D eigenvalue weighted by atomic mass is 16.5. The van der Waals surface area contributed by atoms with Crippen molar-refractivity contribution in [3.05, 3.63) is 48.3 Å². The topological polar surface area (TPSA) is 60.3 Å². The Morgan fingerprint density at radius 3 is 2.91 bits per heavy atom. The van der Waals surface area contributed by atoms with Crippen molar-refractivity contribution in [1.82, 2.24) is 19.4 Å². The smallest absolute Gasteiger partial charge is 0.229 e. The minimum Gasteiger partial charge on any atom is -0.369 e. The van der Waals surface area contributed by atoms with Crippen LogP contribution in [0.25, 0.3) is 0 Å². The van der Waals surface area contributed by atoms with E-state index in [0.717, 1.165) is 17.9 Å². The molecule has 3 heterocycles. The molecule has 1 aliphatic rings. The SMILES string of the molecule is CCN(Cc1ccccn1)C(=O)[C@@H]1CCO[C@H]1c1nccn1C. The van der Waals surface area contributed by atoms with Crippen molar-refractivity contribution in [1.29, 1.82) is 0 Å². The zero-order valence-electron chi connectivity index (χ0n) is 13.6. The first-order valence-corrected chi connectivity index (χ1v) is 7.98. The van der Waals surface area contributed by atoms with Gasteiger partial charge in [0.05, 0.1) is 18.2 Å². The Morgan fingerprint density at radius 1 is 1.39 bits per heavy atom. The number of hydrogen-bond donors (Lipinski definition) is 0. The van der Waals surface area contributed by atoms with Crippen LogP contribution in [0.2, 0.25) is 0 Å². The van der Waals surface area contributed by atoms with Gasteiger partial charge in [0.25, 0.3) is 0 Å². The molecule has 3 rings (SSSR count). The molecule has 0 unspecified atom stereocenters. The van der Waals surface area contributed by atoms with Crippen LogP contribution >= 0.6 is 0 Å². The molecule has 6 heteroatoms. The van der Waals surface area contributed by atoms with E-state index in [0.29, 0.717) is 19.7 Å². The van der Waals surface area contributed by atoms with E-state index in [1.54, 1.807) is 12.4 Å². The van der Waals surface area contributed by atoms with Gasteiger partial charge in [0.2, 0.25) is 5.91 Å². The first kappa shape index (κ1) is 15.7. The number of carbonyl (C=O) groups is 1. The summed E-state index contributed by atoms with van der Waals surface area (Å²) < 4.78 is 7.73. The summed E-state index contributed by atoms with van der Waals surface area (Å²) in [5.74, 6) is 0.748. The summed E-state index contributed by atoms with van der Waals surface area (Å²) in [5.41, 5.74) is 0.898. The van der Waals surface area contributed by atoms with Gasteiger partial charge in [-0.15, -0.1) is 0 Å². The van der Waals surface area contributed by atoms with E-state index in [1.165, 1.54) is 0 Å². The van der Waals surface area contributed by atoms with E-state index in [2.05, 4.69) is 9.97 Å². The molecule has 2 aromatic heterocycles.